The highest BCUT2D eigenvalue weighted by molar-refractivity contribution is 5.97. The molecule has 39 heavy (non-hydrogen) atoms. The number of hydrogen-bond donors (Lipinski definition) is 3. The third kappa shape index (κ3) is 4.29. The first kappa shape index (κ1) is 23.2. The fourth-order valence-corrected chi connectivity index (χ4v) is 5.23. The Morgan fingerprint density at radius 2 is 1.82 bits per heavy atom. The Kier molecular flexibility index (Phi) is 5.58. The van der Waals surface area contributed by atoms with Crippen LogP contribution in [0.25, 0.3) is 56.0 Å². The summed E-state index contributed by atoms with van der Waals surface area (Å²) in [6, 6.07) is 12.0. The van der Waals surface area contributed by atoms with Gasteiger partial charge in [0.25, 0.3) is 0 Å². The summed E-state index contributed by atoms with van der Waals surface area (Å²) in [5, 5.41) is 11.2. The minimum Gasteiger partial charge on any atom is -0.336 e. The minimum absolute atomic E-state index is 0.0501. The molecular weight excluding hydrogens is 495 g/mol. The number of nitrogens with one attached hydrogen (secondary N) is 3. The van der Waals surface area contributed by atoms with Gasteiger partial charge in [0.15, 0.2) is 11.5 Å². The van der Waals surface area contributed by atoms with Crippen molar-refractivity contribution in [3.8, 4) is 33.9 Å². The molecule has 0 atom stereocenters. The van der Waals surface area contributed by atoms with Gasteiger partial charge in [0.1, 0.15) is 17.0 Å². The van der Waals surface area contributed by atoms with Crippen LogP contribution in [0.3, 0.4) is 0 Å². The summed E-state index contributed by atoms with van der Waals surface area (Å²) in [5.41, 5.74) is 6.11. The number of halogens is 1. The molecule has 0 aliphatic heterocycles. The number of amides is 1. The Morgan fingerprint density at radius 3 is 2.69 bits per heavy atom. The summed E-state index contributed by atoms with van der Waals surface area (Å²) >= 11 is 0. The van der Waals surface area contributed by atoms with Crippen LogP contribution in [0.4, 0.5) is 10.1 Å². The van der Waals surface area contributed by atoms with E-state index in [2.05, 4.69) is 35.5 Å². The molecule has 1 aromatic carbocycles. The van der Waals surface area contributed by atoms with Gasteiger partial charge in [0, 0.05) is 41.2 Å². The summed E-state index contributed by atoms with van der Waals surface area (Å²) in [7, 11) is 0. The summed E-state index contributed by atoms with van der Waals surface area (Å²) in [5.74, 6) is 0.321. The molecule has 0 bridgehead atoms. The molecule has 1 saturated carbocycles. The predicted molar refractivity (Wildman–Crippen MR) is 146 cm³/mol. The molecule has 1 aliphatic rings. The largest absolute Gasteiger partial charge is 0.336 e. The van der Waals surface area contributed by atoms with Gasteiger partial charge in [0.05, 0.1) is 28.5 Å². The molecule has 9 nitrogen and oxygen atoms in total. The molecule has 10 heteroatoms. The normalized spacial score (nSPS) is 13.9. The summed E-state index contributed by atoms with van der Waals surface area (Å²) in [6.45, 7) is 0. The Labute approximate surface area is 222 Å². The molecule has 1 amide bonds. The fourth-order valence-electron chi connectivity index (χ4n) is 5.23. The quantitative estimate of drug-likeness (QED) is 0.261. The SMILES string of the molecule is O=C(Nc1cncc(-c2cnc3[nH]nc(-c4nc5c(-c6cccc(F)c6)nccc5[nH]4)c3c2)c1)C1CCCC1. The van der Waals surface area contributed by atoms with Gasteiger partial charge < -0.3 is 10.3 Å². The molecular formula is C29H23FN8O. The number of fused-ring (bicyclic) bond motifs is 2. The van der Waals surface area contributed by atoms with Gasteiger partial charge in [-0.3, -0.25) is 19.9 Å². The number of nitrogens with zero attached hydrogens (tertiary/aromatic N) is 5. The van der Waals surface area contributed by atoms with Crippen molar-refractivity contribution in [3.05, 3.63) is 73.1 Å². The highest BCUT2D eigenvalue weighted by Crippen LogP contribution is 2.32. The van der Waals surface area contributed by atoms with Crippen molar-refractivity contribution in [1.29, 1.82) is 0 Å². The number of carbonyl (C=O) groups excluding carboxylic acids is 1. The molecule has 3 N–H and O–H groups in total. The third-order valence-electron chi connectivity index (χ3n) is 7.20. The van der Waals surface area contributed by atoms with Crippen LogP contribution >= 0.6 is 0 Å². The second-order valence-electron chi connectivity index (χ2n) is 9.78. The van der Waals surface area contributed by atoms with E-state index in [1.54, 1.807) is 36.9 Å². The first-order valence-electron chi connectivity index (χ1n) is 12.8. The van der Waals surface area contributed by atoms with Gasteiger partial charge >= 0.3 is 0 Å². The second kappa shape index (κ2) is 9.39. The molecule has 0 spiro atoms. The van der Waals surface area contributed by atoms with Crippen LogP contribution in [0.15, 0.2) is 67.3 Å². The van der Waals surface area contributed by atoms with E-state index in [0.717, 1.165) is 47.7 Å². The lowest BCUT2D eigenvalue weighted by atomic mass is 10.1. The second-order valence-corrected chi connectivity index (χ2v) is 9.78. The molecule has 5 aromatic heterocycles. The van der Waals surface area contributed by atoms with E-state index in [4.69, 9.17) is 4.98 Å². The molecule has 0 unspecified atom stereocenters. The maximum atomic E-state index is 13.9. The fraction of sp³-hybridized carbons (Fsp3) is 0.172. The maximum Gasteiger partial charge on any atom is 0.227 e. The zero-order valence-corrected chi connectivity index (χ0v) is 20.8. The molecule has 6 aromatic rings. The Balaban J connectivity index is 1.25. The number of pyridine rings is 3. The molecule has 0 radical (unpaired) electrons. The number of hydrogen-bond acceptors (Lipinski definition) is 6. The average Bonchev–Trinajstić information content (AvgIpc) is 3.72. The maximum absolute atomic E-state index is 13.9. The zero-order valence-electron chi connectivity index (χ0n) is 20.8. The van der Waals surface area contributed by atoms with Crippen molar-refractivity contribution in [3.63, 3.8) is 0 Å². The van der Waals surface area contributed by atoms with Gasteiger partial charge in [-0.25, -0.2) is 14.4 Å². The lowest BCUT2D eigenvalue weighted by Gasteiger charge is -2.11. The van der Waals surface area contributed by atoms with Gasteiger partial charge in [0.2, 0.25) is 5.91 Å². The molecule has 0 saturated heterocycles. The highest BCUT2D eigenvalue weighted by Gasteiger charge is 2.23. The number of aromatic amines is 2. The highest BCUT2D eigenvalue weighted by atomic mass is 19.1. The van der Waals surface area contributed by atoms with Crippen LogP contribution in [0.2, 0.25) is 0 Å². The van der Waals surface area contributed by atoms with Crippen molar-refractivity contribution >= 4 is 33.7 Å². The Morgan fingerprint density at radius 1 is 0.949 bits per heavy atom. The van der Waals surface area contributed by atoms with Crippen LogP contribution < -0.4 is 5.32 Å². The standard InChI is InChI=1S/C29H23FN8O/c30-20-7-3-6-17(10-20)24-26-23(8-9-32-24)35-28(36-26)25-22-12-19(14-33-27(22)38-37-25)18-11-21(15-31-13-18)34-29(39)16-4-1-2-5-16/h3,6-16H,1-2,4-5H2,(H,34,39)(H,35,36)(H,33,37,38). The summed E-state index contributed by atoms with van der Waals surface area (Å²) < 4.78 is 13.9. The van der Waals surface area contributed by atoms with Gasteiger partial charge in [-0.15, -0.1) is 0 Å². The van der Waals surface area contributed by atoms with E-state index in [-0.39, 0.29) is 17.6 Å². The number of carbonyl (C=O) groups is 1. The van der Waals surface area contributed by atoms with E-state index in [0.29, 0.717) is 39.6 Å². The van der Waals surface area contributed by atoms with E-state index in [1.165, 1.54) is 12.1 Å². The summed E-state index contributed by atoms with van der Waals surface area (Å²) in [4.78, 5) is 34.1. The van der Waals surface area contributed by atoms with Crippen molar-refractivity contribution < 1.29 is 9.18 Å². The smallest absolute Gasteiger partial charge is 0.227 e. The van der Waals surface area contributed by atoms with Crippen molar-refractivity contribution in [2.45, 2.75) is 25.7 Å². The Bertz CT molecular complexity index is 1850. The third-order valence-corrected chi connectivity index (χ3v) is 7.20. The van der Waals surface area contributed by atoms with Gasteiger partial charge in [-0.2, -0.15) is 5.10 Å². The van der Waals surface area contributed by atoms with Crippen LogP contribution in [0.1, 0.15) is 25.7 Å². The van der Waals surface area contributed by atoms with Crippen molar-refractivity contribution in [2.75, 3.05) is 5.32 Å². The van der Waals surface area contributed by atoms with E-state index in [1.807, 2.05) is 18.2 Å². The van der Waals surface area contributed by atoms with E-state index >= 15 is 0 Å². The number of rotatable bonds is 5. The summed E-state index contributed by atoms with van der Waals surface area (Å²) in [6.07, 6.45) is 10.9. The molecule has 1 fully saturated rings. The number of anilines is 1. The molecule has 7 rings (SSSR count). The molecule has 1 aliphatic carbocycles. The first-order chi connectivity index (χ1) is 19.1. The monoisotopic (exact) mass is 518 g/mol. The zero-order chi connectivity index (χ0) is 26.3. The number of H-pyrrole nitrogens is 2. The van der Waals surface area contributed by atoms with Crippen LogP contribution in [0.5, 0.6) is 0 Å². The predicted octanol–water partition coefficient (Wildman–Crippen LogP) is 5.89. The van der Waals surface area contributed by atoms with Crippen molar-refractivity contribution in [1.82, 2.24) is 35.1 Å². The Hall–Kier alpha value is -4.99. The van der Waals surface area contributed by atoms with Crippen LogP contribution in [0, 0.1) is 11.7 Å². The topological polar surface area (TPSA) is 125 Å². The minimum atomic E-state index is -0.337. The van der Waals surface area contributed by atoms with E-state index < -0.39 is 0 Å². The average molecular weight is 519 g/mol. The van der Waals surface area contributed by atoms with E-state index in [9.17, 15) is 9.18 Å². The van der Waals surface area contributed by atoms with Gasteiger partial charge in [-0.1, -0.05) is 25.0 Å². The van der Waals surface area contributed by atoms with Crippen LogP contribution in [-0.4, -0.2) is 41.0 Å². The van der Waals surface area contributed by atoms with Crippen molar-refractivity contribution in [2.24, 2.45) is 5.92 Å². The lowest BCUT2D eigenvalue weighted by Crippen LogP contribution is -2.20. The lowest BCUT2D eigenvalue weighted by molar-refractivity contribution is -0.119. The first-order valence-corrected chi connectivity index (χ1v) is 12.8. The molecule has 192 valence electrons. The number of benzene rings is 1. The number of imidazole rings is 1. The number of aromatic nitrogens is 7. The van der Waals surface area contributed by atoms with Crippen LogP contribution in [-0.2, 0) is 4.79 Å². The van der Waals surface area contributed by atoms with Gasteiger partial charge in [-0.05, 0) is 43.2 Å². The molecule has 5 heterocycles.